The van der Waals surface area contributed by atoms with Crippen LogP contribution in [0.15, 0.2) is 56.4 Å². The monoisotopic (exact) mass is 646 g/mol. The Hall–Kier alpha value is -1.88. The maximum Gasteiger partial charge on any atom is 0.0929 e. The second-order valence-corrected chi connectivity index (χ2v) is 17.1. The Morgan fingerprint density at radius 2 is 1.07 bits per heavy atom. The molecule has 0 aliphatic carbocycles. The van der Waals surface area contributed by atoms with E-state index in [0.717, 1.165) is 68.5 Å². The standard InChI is InChI=1S/C33H38N6S4/c1-32(30-36-9-13-42-30)18-24(28-34-7-11-40-28)22-16-20(3-5-26(22)38-32)15-21-4-6-27-23(17-21)25(29-35-8-12-41-29)19-33(2,39-27)31-37-10-14-43-31/h3-6,16-17,24-25,38-39H,7-15,18-19H2,1-2H3. The van der Waals surface area contributed by atoms with E-state index in [1.807, 2.05) is 47.0 Å². The third-order valence-electron chi connectivity index (χ3n) is 9.37. The Labute approximate surface area is 271 Å². The van der Waals surface area contributed by atoms with Crippen LogP contribution in [0.2, 0.25) is 0 Å². The molecule has 0 fully saturated rings. The second kappa shape index (κ2) is 11.5. The van der Waals surface area contributed by atoms with Crippen molar-refractivity contribution in [2.45, 2.75) is 56.0 Å². The summed E-state index contributed by atoms with van der Waals surface area (Å²) in [6.07, 6.45) is 2.93. The van der Waals surface area contributed by atoms with Gasteiger partial charge < -0.3 is 10.6 Å². The molecule has 0 amide bonds. The number of aliphatic imine (C=N–C) groups is 4. The van der Waals surface area contributed by atoms with Crippen molar-refractivity contribution >= 4 is 78.6 Å². The summed E-state index contributed by atoms with van der Waals surface area (Å²) in [5.41, 5.74) is 7.73. The number of rotatable bonds is 6. The number of thioether (sulfide) groups is 4. The van der Waals surface area contributed by atoms with E-state index in [1.165, 1.54) is 53.8 Å². The lowest BCUT2D eigenvalue weighted by molar-refractivity contribution is 0.573. The number of hydrogen-bond acceptors (Lipinski definition) is 10. The number of nitrogens with one attached hydrogen (secondary N) is 2. The molecule has 2 aromatic rings. The van der Waals surface area contributed by atoms with E-state index in [2.05, 4.69) is 60.9 Å². The highest BCUT2D eigenvalue weighted by Crippen LogP contribution is 2.47. The van der Waals surface area contributed by atoms with Crippen LogP contribution in [0.4, 0.5) is 11.4 Å². The van der Waals surface area contributed by atoms with Crippen LogP contribution < -0.4 is 10.6 Å². The summed E-state index contributed by atoms with van der Waals surface area (Å²) in [7, 11) is 0. The van der Waals surface area contributed by atoms with Crippen LogP contribution in [0.5, 0.6) is 0 Å². The van der Waals surface area contributed by atoms with E-state index < -0.39 is 0 Å². The number of hydrogen-bond donors (Lipinski definition) is 2. The van der Waals surface area contributed by atoms with Gasteiger partial charge in [-0.15, -0.1) is 47.0 Å². The van der Waals surface area contributed by atoms with Gasteiger partial charge in [0, 0.05) is 72.4 Å². The van der Waals surface area contributed by atoms with Crippen LogP contribution in [0, 0.1) is 0 Å². The molecule has 4 unspecified atom stereocenters. The minimum Gasteiger partial charge on any atom is -0.373 e. The molecule has 0 saturated carbocycles. The van der Waals surface area contributed by atoms with Crippen molar-refractivity contribution < 1.29 is 0 Å². The van der Waals surface area contributed by atoms with Gasteiger partial charge in [0.05, 0.1) is 31.3 Å². The second-order valence-electron chi connectivity index (χ2n) is 12.7. The molecule has 0 aromatic heterocycles. The molecule has 8 rings (SSSR count). The van der Waals surface area contributed by atoms with E-state index in [9.17, 15) is 0 Å². The zero-order chi connectivity index (χ0) is 29.0. The van der Waals surface area contributed by atoms with E-state index in [1.54, 1.807) is 0 Å². The van der Waals surface area contributed by atoms with Crippen LogP contribution in [0.25, 0.3) is 0 Å². The predicted molar refractivity (Wildman–Crippen MR) is 194 cm³/mol. The molecule has 6 aliphatic rings. The first-order valence-electron chi connectivity index (χ1n) is 15.5. The number of fused-ring (bicyclic) bond motifs is 2. The average Bonchev–Trinajstić information content (AvgIpc) is 3.84. The minimum atomic E-state index is -0.134. The molecule has 2 aromatic carbocycles. The zero-order valence-corrected chi connectivity index (χ0v) is 28.1. The molecule has 4 atom stereocenters. The molecule has 6 nitrogen and oxygen atoms in total. The van der Waals surface area contributed by atoms with E-state index >= 15 is 0 Å². The molecule has 2 N–H and O–H groups in total. The fourth-order valence-electron chi connectivity index (χ4n) is 7.40. The topological polar surface area (TPSA) is 73.5 Å². The van der Waals surface area contributed by atoms with Crippen LogP contribution >= 0.6 is 47.0 Å². The van der Waals surface area contributed by atoms with E-state index in [-0.39, 0.29) is 11.1 Å². The maximum absolute atomic E-state index is 4.97. The summed E-state index contributed by atoms with van der Waals surface area (Å²) in [6, 6.07) is 14.2. The third-order valence-corrected chi connectivity index (χ3v) is 14.0. The largest absolute Gasteiger partial charge is 0.373 e. The summed E-state index contributed by atoms with van der Waals surface area (Å²) in [4.78, 5) is 19.7. The summed E-state index contributed by atoms with van der Waals surface area (Å²) < 4.78 is 0. The lowest BCUT2D eigenvalue weighted by atomic mass is 9.79. The summed E-state index contributed by atoms with van der Waals surface area (Å²) >= 11 is 7.73. The Kier molecular flexibility index (Phi) is 7.63. The Morgan fingerprint density at radius 1 is 0.628 bits per heavy atom. The van der Waals surface area contributed by atoms with Crippen LogP contribution in [-0.4, -0.2) is 80.4 Å². The van der Waals surface area contributed by atoms with Crippen molar-refractivity contribution in [1.82, 2.24) is 0 Å². The molecule has 224 valence electrons. The number of anilines is 2. The van der Waals surface area contributed by atoms with Gasteiger partial charge >= 0.3 is 0 Å². The summed E-state index contributed by atoms with van der Waals surface area (Å²) in [5.74, 6) is 5.02. The predicted octanol–water partition coefficient (Wildman–Crippen LogP) is 7.17. The SMILES string of the molecule is CC1(C2=NCCS2)CC(C2=NCCS2)c2cc(Cc3ccc4c(c3)C(C3=NCCS3)CC(C)(C3=NCCS3)N4)ccc2N1. The quantitative estimate of drug-likeness (QED) is 0.347. The molecule has 0 bridgehead atoms. The van der Waals surface area contributed by atoms with Gasteiger partial charge in [-0.25, -0.2) is 0 Å². The molecule has 43 heavy (non-hydrogen) atoms. The smallest absolute Gasteiger partial charge is 0.0929 e. The highest BCUT2D eigenvalue weighted by atomic mass is 32.2. The summed E-state index contributed by atoms with van der Waals surface area (Å²) in [6.45, 7) is 8.40. The average molecular weight is 647 g/mol. The van der Waals surface area contributed by atoms with E-state index in [0.29, 0.717) is 11.8 Å². The van der Waals surface area contributed by atoms with Crippen molar-refractivity contribution in [2.75, 3.05) is 59.8 Å². The first-order valence-corrected chi connectivity index (χ1v) is 19.4. The molecule has 0 radical (unpaired) electrons. The van der Waals surface area contributed by atoms with Crippen molar-refractivity contribution in [1.29, 1.82) is 0 Å². The lowest BCUT2D eigenvalue weighted by Crippen LogP contribution is -2.46. The van der Waals surface area contributed by atoms with Gasteiger partial charge in [-0.05, 0) is 67.5 Å². The molecule has 6 heterocycles. The number of nitrogens with zero attached hydrogens (tertiary/aromatic N) is 4. The normalized spacial score (nSPS) is 31.4. The molecule has 0 saturated heterocycles. The lowest BCUT2D eigenvalue weighted by Gasteiger charge is -2.41. The highest BCUT2D eigenvalue weighted by molar-refractivity contribution is 8.15. The van der Waals surface area contributed by atoms with Crippen LogP contribution in [0.3, 0.4) is 0 Å². The van der Waals surface area contributed by atoms with Crippen molar-refractivity contribution in [3.8, 4) is 0 Å². The molecule has 6 aliphatic heterocycles. The van der Waals surface area contributed by atoms with Crippen molar-refractivity contribution in [3.05, 3.63) is 58.7 Å². The van der Waals surface area contributed by atoms with Gasteiger partial charge in [-0.3, -0.25) is 20.0 Å². The van der Waals surface area contributed by atoms with Gasteiger partial charge in [-0.2, -0.15) is 0 Å². The zero-order valence-electron chi connectivity index (χ0n) is 24.8. The first kappa shape index (κ1) is 28.6. The molecular weight excluding hydrogens is 609 g/mol. The first-order chi connectivity index (χ1) is 21.0. The Balaban J connectivity index is 1.11. The van der Waals surface area contributed by atoms with Crippen LogP contribution in [-0.2, 0) is 6.42 Å². The third kappa shape index (κ3) is 5.38. The van der Waals surface area contributed by atoms with Gasteiger partial charge in [0.25, 0.3) is 0 Å². The maximum atomic E-state index is 4.97. The minimum absolute atomic E-state index is 0.134. The molecule has 10 heteroatoms. The summed E-state index contributed by atoms with van der Waals surface area (Å²) in [5, 5.41) is 13.0. The van der Waals surface area contributed by atoms with Gasteiger partial charge in [-0.1, -0.05) is 24.3 Å². The van der Waals surface area contributed by atoms with Gasteiger partial charge in [0.2, 0.25) is 0 Å². The van der Waals surface area contributed by atoms with Gasteiger partial charge in [0.1, 0.15) is 0 Å². The Morgan fingerprint density at radius 3 is 1.47 bits per heavy atom. The van der Waals surface area contributed by atoms with Crippen molar-refractivity contribution in [2.24, 2.45) is 20.0 Å². The Bertz CT molecular complexity index is 1470. The van der Waals surface area contributed by atoms with Gasteiger partial charge in [0.15, 0.2) is 0 Å². The molecular formula is C33H38N6S4. The number of benzene rings is 2. The molecule has 0 spiro atoms. The van der Waals surface area contributed by atoms with E-state index in [4.69, 9.17) is 20.0 Å². The fraction of sp³-hybridized carbons (Fsp3) is 0.515. The fourth-order valence-corrected chi connectivity index (χ4v) is 11.4. The van der Waals surface area contributed by atoms with Crippen molar-refractivity contribution in [3.63, 3.8) is 0 Å². The highest BCUT2D eigenvalue weighted by Gasteiger charge is 2.44. The van der Waals surface area contributed by atoms with Crippen LogP contribution in [0.1, 0.15) is 60.8 Å².